The molecule has 0 aliphatic heterocycles. The lowest BCUT2D eigenvalue weighted by Crippen LogP contribution is -2.39. The summed E-state index contributed by atoms with van der Waals surface area (Å²) in [5, 5.41) is 8.99. The van der Waals surface area contributed by atoms with Crippen molar-refractivity contribution >= 4 is 17.2 Å². The summed E-state index contributed by atoms with van der Waals surface area (Å²) in [5.74, 6) is 0.00258. The van der Waals surface area contributed by atoms with Gasteiger partial charge >= 0.3 is 0 Å². The first-order chi connectivity index (χ1) is 10.2. The predicted molar refractivity (Wildman–Crippen MR) is 85.2 cm³/mol. The van der Waals surface area contributed by atoms with Gasteiger partial charge in [-0.2, -0.15) is 0 Å². The van der Waals surface area contributed by atoms with Crippen LogP contribution < -0.4 is 10.6 Å². The number of nitrogens with one attached hydrogen (secondary N) is 2. The van der Waals surface area contributed by atoms with E-state index in [2.05, 4.69) is 20.6 Å². The second-order valence-corrected chi connectivity index (χ2v) is 5.68. The van der Waals surface area contributed by atoms with E-state index >= 15 is 0 Å². The summed E-state index contributed by atoms with van der Waals surface area (Å²) in [6.45, 7) is 5.63. The van der Waals surface area contributed by atoms with Gasteiger partial charge in [-0.1, -0.05) is 6.92 Å². The molecule has 21 heavy (non-hydrogen) atoms. The van der Waals surface area contributed by atoms with Crippen molar-refractivity contribution in [3.8, 4) is 10.6 Å². The SMILES string of the molecule is CCN[C@H](C)CNC(=O)Cc1csc(-c2cccnc2)n1. The number of carbonyl (C=O) groups is 1. The molecule has 0 bridgehead atoms. The van der Waals surface area contributed by atoms with Crippen LogP contribution in [0.15, 0.2) is 29.9 Å². The van der Waals surface area contributed by atoms with E-state index in [1.165, 1.54) is 11.3 Å². The van der Waals surface area contributed by atoms with Gasteiger partial charge in [-0.25, -0.2) is 4.98 Å². The third-order valence-electron chi connectivity index (χ3n) is 2.96. The van der Waals surface area contributed by atoms with Crippen LogP contribution in [0.2, 0.25) is 0 Å². The lowest BCUT2D eigenvalue weighted by molar-refractivity contribution is -0.120. The molecule has 2 rings (SSSR count). The average Bonchev–Trinajstić information content (AvgIpc) is 2.95. The van der Waals surface area contributed by atoms with Gasteiger partial charge in [-0.05, 0) is 25.6 Å². The number of thiazole rings is 1. The molecule has 0 aliphatic carbocycles. The van der Waals surface area contributed by atoms with Crippen LogP contribution in [-0.4, -0.2) is 35.0 Å². The average molecular weight is 304 g/mol. The molecule has 0 fully saturated rings. The Morgan fingerprint density at radius 2 is 2.33 bits per heavy atom. The summed E-state index contributed by atoms with van der Waals surface area (Å²) < 4.78 is 0. The van der Waals surface area contributed by atoms with Crippen LogP contribution >= 0.6 is 11.3 Å². The van der Waals surface area contributed by atoms with Crippen molar-refractivity contribution in [2.45, 2.75) is 26.3 Å². The highest BCUT2D eigenvalue weighted by Gasteiger charge is 2.10. The highest BCUT2D eigenvalue weighted by molar-refractivity contribution is 7.13. The van der Waals surface area contributed by atoms with Crippen molar-refractivity contribution in [1.82, 2.24) is 20.6 Å². The summed E-state index contributed by atoms with van der Waals surface area (Å²) in [4.78, 5) is 20.4. The van der Waals surface area contributed by atoms with Crippen LogP contribution in [0.3, 0.4) is 0 Å². The fourth-order valence-corrected chi connectivity index (χ4v) is 2.74. The number of pyridine rings is 1. The first-order valence-electron chi connectivity index (χ1n) is 7.04. The zero-order chi connectivity index (χ0) is 15.1. The van der Waals surface area contributed by atoms with Gasteiger partial charge in [0.15, 0.2) is 0 Å². The molecule has 1 amide bonds. The Kier molecular flexibility index (Phi) is 5.83. The third-order valence-corrected chi connectivity index (χ3v) is 3.90. The van der Waals surface area contributed by atoms with Gasteiger partial charge in [-0.3, -0.25) is 9.78 Å². The molecule has 0 radical (unpaired) electrons. The van der Waals surface area contributed by atoms with E-state index in [0.29, 0.717) is 13.0 Å². The highest BCUT2D eigenvalue weighted by atomic mass is 32.1. The first-order valence-corrected chi connectivity index (χ1v) is 7.92. The summed E-state index contributed by atoms with van der Waals surface area (Å²) >= 11 is 1.53. The maximum Gasteiger partial charge on any atom is 0.226 e. The standard InChI is InChI=1S/C15H20N4OS/c1-3-17-11(2)8-18-14(20)7-13-10-21-15(19-13)12-5-4-6-16-9-12/h4-6,9-11,17H,3,7-8H2,1-2H3,(H,18,20)/t11-/m1/s1. The molecule has 0 unspecified atom stereocenters. The van der Waals surface area contributed by atoms with Gasteiger partial charge in [0.1, 0.15) is 5.01 Å². The zero-order valence-corrected chi connectivity index (χ0v) is 13.1. The maximum atomic E-state index is 11.9. The van der Waals surface area contributed by atoms with Crippen LogP contribution in [0.4, 0.5) is 0 Å². The highest BCUT2D eigenvalue weighted by Crippen LogP contribution is 2.22. The monoisotopic (exact) mass is 304 g/mol. The Bertz CT molecular complexity index is 570. The van der Waals surface area contributed by atoms with Gasteiger partial charge in [0.2, 0.25) is 5.91 Å². The van der Waals surface area contributed by atoms with E-state index < -0.39 is 0 Å². The molecule has 2 aromatic rings. The molecule has 2 N–H and O–H groups in total. The zero-order valence-electron chi connectivity index (χ0n) is 12.3. The number of hydrogen-bond acceptors (Lipinski definition) is 5. The molecule has 0 aliphatic rings. The number of nitrogens with zero attached hydrogens (tertiary/aromatic N) is 2. The molecule has 1 atom stereocenters. The maximum absolute atomic E-state index is 11.9. The van der Waals surface area contributed by atoms with E-state index in [4.69, 9.17) is 0 Å². The molecule has 6 heteroatoms. The van der Waals surface area contributed by atoms with Gasteiger partial charge in [-0.15, -0.1) is 11.3 Å². The lowest BCUT2D eigenvalue weighted by atomic mass is 10.3. The molecule has 0 aromatic carbocycles. The van der Waals surface area contributed by atoms with Crippen molar-refractivity contribution in [2.75, 3.05) is 13.1 Å². The summed E-state index contributed by atoms with van der Waals surface area (Å²) in [6.07, 6.45) is 3.83. The molecular weight excluding hydrogens is 284 g/mol. The van der Waals surface area contributed by atoms with Crippen LogP contribution in [0, 0.1) is 0 Å². The molecule has 0 saturated carbocycles. The minimum absolute atomic E-state index is 0.00258. The van der Waals surface area contributed by atoms with Crippen molar-refractivity contribution in [1.29, 1.82) is 0 Å². The lowest BCUT2D eigenvalue weighted by Gasteiger charge is -2.12. The Hall–Kier alpha value is -1.79. The van der Waals surface area contributed by atoms with Crippen LogP contribution in [-0.2, 0) is 11.2 Å². The van der Waals surface area contributed by atoms with E-state index in [1.807, 2.05) is 31.4 Å². The second-order valence-electron chi connectivity index (χ2n) is 4.83. The van der Waals surface area contributed by atoms with Gasteiger partial charge < -0.3 is 10.6 Å². The van der Waals surface area contributed by atoms with Crippen LogP contribution in [0.1, 0.15) is 19.5 Å². The fourth-order valence-electron chi connectivity index (χ4n) is 1.92. The fraction of sp³-hybridized carbons (Fsp3) is 0.400. The summed E-state index contributed by atoms with van der Waals surface area (Å²) in [7, 11) is 0. The molecule has 0 saturated heterocycles. The largest absolute Gasteiger partial charge is 0.354 e. The number of rotatable bonds is 7. The summed E-state index contributed by atoms with van der Waals surface area (Å²) in [6, 6.07) is 4.12. The van der Waals surface area contributed by atoms with Crippen molar-refractivity contribution < 1.29 is 4.79 Å². The predicted octanol–water partition coefficient (Wildman–Crippen LogP) is 1.86. The smallest absolute Gasteiger partial charge is 0.226 e. The van der Waals surface area contributed by atoms with Crippen LogP contribution in [0.5, 0.6) is 0 Å². The van der Waals surface area contributed by atoms with Crippen LogP contribution in [0.25, 0.3) is 10.6 Å². The minimum Gasteiger partial charge on any atom is -0.354 e. The number of amides is 1. The van der Waals surface area contributed by atoms with Crippen molar-refractivity contribution in [3.05, 3.63) is 35.6 Å². The summed E-state index contributed by atoms with van der Waals surface area (Å²) in [5.41, 5.74) is 1.78. The molecule has 5 nitrogen and oxygen atoms in total. The van der Waals surface area contributed by atoms with E-state index in [0.717, 1.165) is 22.8 Å². The molecule has 2 aromatic heterocycles. The number of hydrogen-bond donors (Lipinski definition) is 2. The van der Waals surface area contributed by atoms with Gasteiger partial charge in [0.25, 0.3) is 0 Å². The van der Waals surface area contributed by atoms with Crippen molar-refractivity contribution in [3.63, 3.8) is 0 Å². The molecule has 2 heterocycles. The Morgan fingerprint density at radius 3 is 3.05 bits per heavy atom. The Morgan fingerprint density at radius 1 is 1.48 bits per heavy atom. The number of aromatic nitrogens is 2. The van der Waals surface area contributed by atoms with Crippen molar-refractivity contribution in [2.24, 2.45) is 0 Å². The number of carbonyl (C=O) groups excluding carboxylic acids is 1. The third kappa shape index (κ3) is 4.91. The van der Waals surface area contributed by atoms with E-state index in [9.17, 15) is 4.79 Å². The minimum atomic E-state index is 0.00258. The Balaban J connectivity index is 1.86. The van der Waals surface area contributed by atoms with Gasteiger partial charge in [0, 0.05) is 35.9 Å². The quantitative estimate of drug-likeness (QED) is 0.819. The molecular formula is C15H20N4OS. The van der Waals surface area contributed by atoms with E-state index in [1.54, 1.807) is 12.4 Å². The Labute approximate surface area is 128 Å². The topological polar surface area (TPSA) is 66.9 Å². The first kappa shape index (κ1) is 15.6. The second kappa shape index (κ2) is 7.85. The molecule has 0 spiro atoms. The molecule has 112 valence electrons. The van der Waals surface area contributed by atoms with E-state index in [-0.39, 0.29) is 11.9 Å². The number of likely N-dealkylation sites (N-methyl/N-ethyl adjacent to an activating group) is 1. The van der Waals surface area contributed by atoms with Gasteiger partial charge in [0.05, 0.1) is 12.1 Å². The normalized spacial score (nSPS) is 12.1.